The van der Waals surface area contributed by atoms with Gasteiger partial charge >= 0.3 is 5.97 Å². The summed E-state index contributed by atoms with van der Waals surface area (Å²) in [4.78, 5) is 22.2. The first-order chi connectivity index (χ1) is 11.5. The van der Waals surface area contributed by atoms with Crippen molar-refractivity contribution in [1.29, 1.82) is 0 Å². The smallest absolute Gasteiger partial charge is 0.336 e. The van der Waals surface area contributed by atoms with Crippen LogP contribution in [-0.2, 0) is 10.8 Å². The van der Waals surface area contributed by atoms with Crippen molar-refractivity contribution < 1.29 is 28.5 Å². The molecule has 0 aliphatic rings. The molecule has 2 aromatic rings. The zero-order valence-corrected chi connectivity index (χ0v) is 15.4. The maximum Gasteiger partial charge on any atom is 0.336 e. The molecule has 7 heteroatoms. The first kappa shape index (κ1) is 20.5. The van der Waals surface area contributed by atoms with Crippen molar-refractivity contribution in [2.45, 2.75) is 9.79 Å². The van der Waals surface area contributed by atoms with Gasteiger partial charge in [0, 0.05) is 5.56 Å². The zero-order valence-electron chi connectivity index (χ0n) is 14.6. The van der Waals surface area contributed by atoms with Gasteiger partial charge in [0.15, 0.2) is 0 Å². The first-order valence-electron chi connectivity index (χ1n) is 7.35. The van der Waals surface area contributed by atoms with Gasteiger partial charge in [-0.05, 0) is 18.2 Å². The molecule has 0 amide bonds. The Bertz CT molecular complexity index is 731. The van der Waals surface area contributed by atoms with E-state index < -0.39 is 22.7 Å². The highest BCUT2D eigenvalue weighted by atomic mass is 32.2. The van der Waals surface area contributed by atoms with E-state index in [9.17, 15) is 18.9 Å². The molecule has 0 saturated heterocycles. The van der Waals surface area contributed by atoms with Crippen LogP contribution in [0.4, 0.5) is 0 Å². The lowest BCUT2D eigenvalue weighted by molar-refractivity contribution is -0.849. The average molecular weight is 363 g/mol. The summed E-state index contributed by atoms with van der Waals surface area (Å²) in [5.41, 5.74) is -0.343. The van der Waals surface area contributed by atoms with E-state index in [1.165, 1.54) is 42.5 Å². The molecule has 0 aliphatic heterocycles. The minimum Gasteiger partial charge on any atom is -0.545 e. The fraction of sp³-hybridized carbons (Fsp3) is 0.222. The molecule has 25 heavy (non-hydrogen) atoms. The van der Waals surface area contributed by atoms with Gasteiger partial charge in [-0.15, -0.1) is 0 Å². The number of carbonyl (C=O) groups excluding carboxylic acids is 1. The number of benzene rings is 2. The second kappa shape index (κ2) is 8.55. The Hall–Kier alpha value is -2.51. The van der Waals surface area contributed by atoms with Crippen LogP contribution < -0.4 is 5.11 Å². The number of rotatable bonds is 4. The summed E-state index contributed by atoms with van der Waals surface area (Å²) in [5, 5.41) is 20.1. The van der Waals surface area contributed by atoms with Gasteiger partial charge in [0.1, 0.15) is 0 Å². The maximum atomic E-state index is 12.5. The minimum atomic E-state index is -1.91. The van der Waals surface area contributed by atoms with Crippen LogP contribution in [0.2, 0.25) is 0 Å². The Morgan fingerprint density at radius 2 is 1.24 bits per heavy atom. The summed E-state index contributed by atoms with van der Waals surface area (Å²) in [7, 11) is 6.59. The predicted octanol–water partition coefficient (Wildman–Crippen LogP) is 1.24. The van der Waals surface area contributed by atoms with Crippen LogP contribution in [0.5, 0.6) is 0 Å². The fourth-order valence-electron chi connectivity index (χ4n) is 1.72. The third-order valence-corrected chi connectivity index (χ3v) is 4.13. The molecule has 1 unspecified atom stereocenters. The summed E-state index contributed by atoms with van der Waals surface area (Å²) >= 11 is 0. The van der Waals surface area contributed by atoms with Gasteiger partial charge < -0.3 is 19.5 Å². The molecule has 0 spiro atoms. The molecule has 2 rings (SSSR count). The van der Waals surface area contributed by atoms with E-state index >= 15 is 0 Å². The van der Waals surface area contributed by atoms with E-state index in [-0.39, 0.29) is 20.9 Å². The minimum absolute atomic E-state index is 0.0150. The number of nitrogens with zero attached hydrogens (tertiary/aromatic N) is 1. The van der Waals surface area contributed by atoms with Gasteiger partial charge in [0.25, 0.3) is 0 Å². The second-order valence-electron chi connectivity index (χ2n) is 6.54. The van der Waals surface area contributed by atoms with E-state index in [4.69, 9.17) is 5.11 Å². The van der Waals surface area contributed by atoms with Crippen LogP contribution >= 0.6 is 0 Å². The molecule has 0 bridgehead atoms. The number of carboxylic acids is 2. The molecule has 0 radical (unpaired) electrons. The van der Waals surface area contributed by atoms with Crippen LogP contribution in [0.25, 0.3) is 0 Å². The monoisotopic (exact) mass is 363 g/mol. The zero-order chi connectivity index (χ0) is 19.2. The van der Waals surface area contributed by atoms with Gasteiger partial charge in [-0.1, -0.05) is 30.3 Å². The quantitative estimate of drug-likeness (QED) is 0.825. The molecule has 0 saturated carbocycles. The average Bonchev–Trinajstić information content (AvgIpc) is 2.52. The van der Waals surface area contributed by atoms with Crippen LogP contribution in [0, 0.1) is 0 Å². The van der Waals surface area contributed by atoms with E-state index in [0.717, 1.165) is 4.48 Å². The van der Waals surface area contributed by atoms with Crippen LogP contribution in [0.3, 0.4) is 0 Å². The number of carbonyl (C=O) groups is 2. The van der Waals surface area contributed by atoms with Crippen LogP contribution in [0.15, 0.2) is 58.3 Å². The largest absolute Gasteiger partial charge is 0.545 e. The van der Waals surface area contributed by atoms with Crippen molar-refractivity contribution >= 4 is 22.7 Å². The molecule has 134 valence electrons. The van der Waals surface area contributed by atoms with E-state index in [2.05, 4.69) is 28.2 Å². The molecule has 6 nitrogen and oxygen atoms in total. The van der Waals surface area contributed by atoms with Gasteiger partial charge in [-0.2, -0.15) is 0 Å². The first-order valence-corrected chi connectivity index (χ1v) is 8.50. The SMILES string of the molecule is C[N+](C)(C)C.O=C([O-])c1ccccc1S(=O)c1ccccc1C(=O)O. The molecular formula is C18H21NO5S. The van der Waals surface area contributed by atoms with Crippen molar-refractivity contribution in [2.24, 2.45) is 0 Å². The standard InChI is InChI=1S/C14H10O5S.C4H12N/c15-13(16)9-5-1-3-7-11(9)20(19)12-8-4-2-6-10(12)14(17)18;1-5(2,3)4/h1-8H,(H,15,16)(H,17,18);1-4H3/q;+1/p-1. The van der Waals surface area contributed by atoms with Crippen LogP contribution in [0.1, 0.15) is 20.7 Å². The van der Waals surface area contributed by atoms with Gasteiger partial charge in [0.05, 0.1) is 60.3 Å². The summed E-state index contributed by atoms with van der Waals surface area (Å²) in [6.45, 7) is 0. The Morgan fingerprint density at radius 1 is 0.880 bits per heavy atom. The van der Waals surface area contributed by atoms with Crippen LogP contribution in [-0.4, -0.2) is 53.9 Å². The lowest BCUT2D eigenvalue weighted by atomic mass is 10.2. The van der Waals surface area contributed by atoms with Crippen molar-refractivity contribution in [3.63, 3.8) is 0 Å². The molecular weight excluding hydrogens is 342 g/mol. The lowest BCUT2D eigenvalue weighted by Gasteiger charge is -2.14. The maximum absolute atomic E-state index is 12.5. The molecule has 0 aromatic heterocycles. The Balaban J connectivity index is 0.000000550. The van der Waals surface area contributed by atoms with E-state index in [1.54, 1.807) is 6.07 Å². The number of hydrogen-bond acceptors (Lipinski definition) is 4. The Labute approximate surface area is 149 Å². The van der Waals surface area contributed by atoms with E-state index in [1.807, 2.05) is 0 Å². The lowest BCUT2D eigenvalue weighted by Crippen LogP contribution is -2.27. The fourth-order valence-corrected chi connectivity index (χ4v) is 3.07. The number of quaternary nitrogens is 1. The van der Waals surface area contributed by atoms with Crippen molar-refractivity contribution in [2.75, 3.05) is 28.2 Å². The summed E-state index contributed by atoms with van der Waals surface area (Å²) in [6, 6.07) is 11.4. The third kappa shape index (κ3) is 6.48. The summed E-state index contributed by atoms with van der Waals surface area (Å²) in [5.74, 6) is -2.68. The molecule has 1 N–H and O–H groups in total. The summed E-state index contributed by atoms with van der Waals surface area (Å²) in [6.07, 6.45) is 0. The molecule has 0 fully saturated rings. The molecule has 0 heterocycles. The highest BCUT2D eigenvalue weighted by Gasteiger charge is 2.18. The highest BCUT2D eigenvalue weighted by Crippen LogP contribution is 2.23. The number of carboxylic acid groups (broad SMARTS) is 2. The normalized spacial score (nSPS) is 11.8. The third-order valence-electron chi connectivity index (χ3n) is 2.62. The number of aromatic carboxylic acids is 2. The molecule has 2 aromatic carbocycles. The van der Waals surface area contributed by atoms with Gasteiger partial charge in [-0.25, -0.2) is 9.00 Å². The van der Waals surface area contributed by atoms with Crippen molar-refractivity contribution in [3.8, 4) is 0 Å². The predicted molar refractivity (Wildman–Crippen MR) is 92.8 cm³/mol. The highest BCUT2D eigenvalue weighted by molar-refractivity contribution is 7.85. The van der Waals surface area contributed by atoms with Crippen molar-refractivity contribution in [1.82, 2.24) is 0 Å². The second-order valence-corrected chi connectivity index (χ2v) is 7.95. The Kier molecular flexibility index (Phi) is 7.02. The molecule has 1 atom stereocenters. The van der Waals surface area contributed by atoms with E-state index in [0.29, 0.717) is 0 Å². The topological polar surface area (TPSA) is 94.5 Å². The Morgan fingerprint density at radius 3 is 1.64 bits per heavy atom. The van der Waals surface area contributed by atoms with Gasteiger partial charge in [0.2, 0.25) is 0 Å². The number of hydrogen-bond donors (Lipinski definition) is 1. The summed E-state index contributed by atoms with van der Waals surface area (Å²) < 4.78 is 13.5. The van der Waals surface area contributed by atoms with Crippen molar-refractivity contribution in [3.05, 3.63) is 59.7 Å². The molecule has 0 aliphatic carbocycles. The van der Waals surface area contributed by atoms with Gasteiger partial charge in [-0.3, -0.25) is 0 Å².